The lowest BCUT2D eigenvalue weighted by Gasteiger charge is -2.56. The normalized spacial score (nSPS) is 21.7. The molecule has 2 aromatic rings. The average molecular weight is 282 g/mol. The molecule has 0 radical (unpaired) electrons. The van der Waals surface area contributed by atoms with E-state index in [2.05, 4.69) is 75.1 Å². The first kappa shape index (κ1) is 14.4. The molecule has 1 heterocycles. The van der Waals surface area contributed by atoms with Crippen LogP contribution in [0.4, 0.5) is 5.69 Å². The van der Waals surface area contributed by atoms with E-state index in [1.165, 1.54) is 16.5 Å². The zero-order valence-corrected chi connectivity index (χ0v) is 13.6. The number of hydrogen-bond donors (Lipinski definition) is 1. The van der Waals surface area contributed by atoms with Crippen molar-refractivity contribution in [3.05, 3.63) is 42.5 Å². The van der Waals surface area contributed by atoms with Gasteiger partial charge in [0.05, 0.1) is 0 Å². The Morgan fingerprint density at radius 2 is 1.48 bits per heavy atom. The fourth-order valence-electron chi connectivity index (χ4n) is 4.41. The monoisotopic (exact) mass is 282 g/mol. The number of nitrogens with zero attached hydrogens (tertiary/aromatic N) is 1. The van der Waals surface area contributed by atoms with Crippen LogP contribution < -0.4 is 10.6 Å². The van der Waals surface area contributed by atoms with Crippen LogP contribution in [0.3, 0.4) is 0 Å². The summed E-state index contributed by atoms with van der Waals surface area (Å²) in [7, 11) is 0. The fourth-order valence-corrected chi connectivity index (χ4v) is 4.41. The van der Waals surface area contributed by atoms with Gasteiger partial charge in [-0.2, -0.15) is 0 Å². The SMILES string of the molecule is CC1(C)CC(N)CC(C)(C)N1c1cccc2ccccc12. The van der Waals surface area contributed by atoms with Crippen LogP contribution in [0.15, 0.2) is 42.5 Å². The van der Waals surface area contributed by atoms with Crippen molar-refractivity contribution < 1.29 is 0 Å². The summed E-state index contributed by atoms with van der Waals surface area (Å²) in [5.74, 6) is 0. The summed E-state index contributed by atoms with van der Waals surface area (Å²) in [6.45, 7) is 9.26. The third-order valence-electron chi connectivity index (χ3n) is 4.74. The molecule has 0 unspecified atom stereocenters. The Morgan fingerprint density at radius 1 is 0.905 bits per heavy atom. The molecule has 0 aromatic heterocycles. The molecular formula is C19H26N2. The van der Waals surface area contributed by atoms with Crippen LogP contribution in [-0.4, -0.2) is 17.1 Å². The van der Waals surface area contributed by atoms with Gasteiger partial charge in [0.1, 0.15) is 0 Å². The Bertz CT molecular complexity index is 634. The van der Waals surface area contributed by atoms with Gasteiger partial charge in [-0.15, -0.1) is 0 Å². The van der Waals surface area contributed by atoms with Gasteiger partial charge in [-0.1, -0.05) is 36.4 Å². The maximum atomic E-state index is 6.31. The maximum absolute atomic E-state index is 6.31. The summed E-state index contributed by atoms with van der Waals surface area (Å²) < 4.78 is 0. The van der Waals surface area contributed by atoms with Gasteiger partial charge in [-0.25, -0.2) is 0 Å². The van der Waals surface area contributed by atoms with Crippen molar-refractivity contribution >= 4 is 16.5 Å². The summed E-state index contributed by atoms with van der Waals surface area (Å²) >= 11 is 0. The molecule has 21 heavy (non-hydrogen) atoms. The van der Waals surface area contributed by atoms with Crippen molar-refractivity contribution in [3.63, 3.8) is 0 Å². The van der Waals surface area contributed by atoms with E-state index in [4.69, 9.17) is 5.73 Å². The van der Waals surface area contributed by atoms with Crippen molar-refractivity contribution in [1.29, 1.82) is 0 Å². The summed E-state index contributed by atoms with van der Waals surface area (Å²) in [6.07, 6.45) is 2.05. The van der Waals surface area contributed by atoms with E-state index in [1.54, 1.807) is 0 Å². The highest BCUT2D eigenvalue weighted by atomic mass is 15.3. The average Bonchev–Trinajstić information content (AvgIpc) is 2.35. The summed E-state index contributed by atoms with van der Waals surface area (Å²) in [4.78, 5) is 2.59. The van der Waals surface area contributed by atoms with E-state index in [9.17, 15) is 0 Å². The van der Waals surface area contributed by atoms with Crippen LogP contribution in [0.25, 0.3) is 10.8 Å². The molecule has 2 heteroatoms. The second-order valence-corrected chi connectivity index (χ2v) is 7.63. The molecule has 0 saturated carbocycles. The van der Waals surface area contributed by atoms with E-state index >= 15 is 0 Å². The molecule has 2 aromatic carbocycles. The van der Waals surface area contributed by atoms with Crippen LogP contribution in [-0.2, 0) is 0 Å². The molecule has 2 nitrogen and oxygen atoms in total. The molecule has 1 aliphatic heterocycles. The largest absolute Gasteiger partial charge is 0.361 e. The molecular weight excluding hydrogens is 256 g/mol. The highest BCUT2D eigenvalue weighted by Crippen LogP contribution is 2.43. The molecule has 1 fully saturated rings. The molecule has 1 aliphatic rings. The Hall–Kier alpha value is -1.54. The molecule has 112 valence electrons. The van der Waals surface area contributed by atoms with Crippen molar-refractivity contribution in [3.8, 4) is 0 Å². The minimum Gasteiger partial charge on any atom is -0.361 e. The minimum absolute atomic E-state index is 0.0608. The summed E-state index contributed by atoms with van der Waals surface area (Å²) in [5.41, 5.74) is 7.76. The molecule has 1 saturated heterocycles. The Labute approximate surface area is 127 Å². The molecule has 2 N–H and O–H groups in total. The van der Waals surface area contributed by atoms with E-state index in [0.717, 1.165) is 12.8 Å². The third-order valence-corrected chi connectivity index (χ3v) is 4.74. The number of anilines is 1. The zero-order valence-electron chi connectivity index (χ0n) is 13.6. The molecule has 0 atom stereocenters. The molecule has 0 amide bonds. The van der Waals surface area contributed by atoms with E-state index in [0.29, 0.717) is 0 Å². The first-order valence-electron chi connectivity index (χ1n) is 7.85. The maximum Gasteiger partial charge on any atom is 0.0454 e. The number of benzene rings is 2. The fraction of sp³-hybridized carbons (Fsp3) is 0.474. The van der Waals surface area contributed by atoms with Crippen molar-refractivity contribution in [2.75, 3.05) is 4.90 Å². The molecule has 0 bridgehead atoms. The highest BCUT2D eigenvalue weighted by molar-refractivity contribution is 5.95. The van der Waals surface area contributed by atoms with Gasteiger partial charge in [0.2, 0.25) is 0 Å². The number of hydrogen-bond acceptors (Lipinski definition) is 2. The smallest absolute Gasteiger partial charge is 0.0454 e. The van der Waals surface area contributed by atoms with Crippen LogP contribution >= 0.6 is 0 Å². The van der Waals surface area contributed by atoms with Crippen LogP contribution in [0.5, 0.6) is 0 Å². The minimum atomic E-state index is 0.0608. The van der Waals surface area contributed by atoms with Crippen LogP contribution in [0, 0.1) is 0 Å². The van der Waals surface area contributed by atoms with Crippen LogP contribution in [0.1, 0.15) is 40.5 Å². The Balaban J connectivity index is 2.20. The van der Waals surface area contributed by atoms with Gasteiger partial charge < -0.3 is 10.6 Å². The van der Waals surface area contributed by atoms with Crippen molar-refractivity contribution in [2.45, 2.75) is 57.7 Å². The van der Waals surface area contributed by atoms with E-state index < -0.39 is 0 Å². The molecule has 3 rings (SSSR count). The number of nitrogens with two attached hydrogens (primary N) is 1. The van der Waals surface area contributed by atoms with Gasteiger partial charge in [0, 0.05) is 28.2 Å². The highest BCUT2D eigenvalue weighted by Gasteiger charge is 2.44. The quantitative estimate of drug-likeness (QED) is 0.843. The lowest BCUT2D eigenvalue weighted by molar-refractivity contribution is 0.220. The standard InChI is InChI=1S/C19H26N2/c1-18(2)12-15(20)13-19(3,4)21(18)17-11-7-9-14-8-5-6-10-16(14)17/h5-11,15H,12-13,20H2,1-4H3. The van der Waals surface area contributed by atoms with Crippen LogP contribution in [0.2, 0.25) is 0 Å². The first-order valence-corrected chi connectivity index (χ1v) is 7.85. The van der Waals surface area contributed by atoms with Gasteiger partial charge in [-0.05, 0) is 52.0 Å². The summed E-state index contributed by atoms with van der Waals surface area (Å²) in [6, 6.07) is 15.5. The number of piperidine rings is 1. The van der Waals surface area contributed by atoms with Crippen molar-refractivity contribution in [1.82, 2.24) is 0 Å². The molecule has 0 aliphatic carbocycles. The zero-order chi connectivity index (χ0) is 15.3. The first-order chi connectivity index (χ1) is 9.81. The van der Waals surface area contributed by atoms with Gasteiger partial charge in [-0.3, -0.25) is 0 Å². The lowest BCUT2D eigenvalue weighted by atomic mass is 9.76. The van der Waals surface area contributed by atoms with Gasteiger partial charge in [0.15, 0.2) is 0 Å². The van der Waals surface area contributed by atoms with E-state index in [-0.39, 0.29) is 17.1 Å². The topological polar surface area (TPSA) is 29.3 Å². The predicted octanol–water partition coefficient (Wildman–Crippen LogP) is 4.32. The van der Waals surface area contributed by atoms with Gasteiger partial charge in [0.25, 0.3) is 0 Å². The molecule has 0 spiro atoms. The van der Waals surface area contributed by atoms with Crippen molar-refractivity contribution in [2.24, 2.45) is 5.73 Å². The lowest BCUT2D eigenvalue weighted by Crippen LogP contribution is -2.63. The third kappa shape index (κ3) is 2.42. The Kier molecular flexibility index (Phi) is 3.25. The number of fused-ring (bicyclic) bond motifs is 1. The van der Waals surface area contributed by atoms with Gasteiger partial charge >= 0.3 is 0 Å². The second-order valence-electron chi connectivity index (χ2n) is 7.63. The Morgan fingerprint density at radius 3 is 2.14 bits per heavy atom. The predicted molar refractivity (Wildman–Crippen MR) is 91.8 cm³/mol. The van der Waals surface area contributed by atoms with E-state index in [1.807, 2.05) is 0 Å². The second kappa shape index (κ2) is 4.74. The summed E-state index contributed by atoms with van der Waals surface area (Å²) in [5, 5.41) is 2.63. The number of rotatable bonds is 1.